The summed E-state index contributed by atoms with van der Waals surface area (Å²) in [5, 5.41) is 12.2. The molecule has 12 heteroatoms. The minimum Gasteiger partial charge on any atom is -0.444 e. The van der Waals surface area contributed by atoms with E-state index >= 15 is 0 Å². The zero-order valence-corrected chi connectivity index (χ0v) is 23.6. The topological polar surface area (TPSA) is 118 Å². The third kappa shape index (κ3) is 4.86. The van der Waals surface area contributed by atoms with Gasteiger partial charge in [0, 0.05) is 26.2 Å². The molecule has 210 valence electrons. The first kappa shape index (κ1) is 26.5. The van der Waals surface area contributed by atoms with E-state index in [0.717, 1.165) is 23.1 Å². The summed E-state index contributed by atoms with van der Waals surface area (Å²) in [5.74, 6) is 0.106. The van der Waals surface area contributed by atoms with E-state index in [9.17, 15) is 14.4 Å². The molecule has 1 atom stereocenters. The van der Waals surface area contributed by atoms with Gasteiger partial charge in [-0.2, -0.15) is 0 Å². The molecule has 0 aliphatic carbocycles. The number of fused-ring (bicyclic) bond motifs is 5. The number of carbonyl (C=O) groups is 2. The number of nitrogens with one attached hydrogen (secondary N) is 1. The predicted octanol–water partition coefficient (Wildman–Crippen LogP) is 3.42. The molecule has 2 aliphatic rings. The van der Waals surface area contributed by atoms with Crippen LogP contribution in [0.5, 0.6) is 0 Å². The van der Waals surface area contributed by atoms with Crippen LogP contribution in [0.2, 0.25) is 0 Å². The summed E-state index contributed by atoms with van der Waals surface area (Å²) in [4.78, 5) is 44.6. The molecular formula is C28H32N6O5S. The zero-order valence-electron chi connectivity index (χ0n) is 22.8. The fourth-order valence-corrected chi connectivity index (χ4v) is 6.54. The number of ether oxygens (including phenoxy) is 2. The highest BCUT2D eigenvalue weighted by Gasteiger charge is 2.33. The van der Waals surface area contributed by atoms with Gasteiger partial charge >= 0.3 is 6.09 Å². The fraction of sp³-hybridized carbons (Fsp3) is 0.464. The van der Waals surface area contributed by atoms with Gasteiger partial charge in [-0.15, -0.1) is 21.5 Å². The van der Waals surface area contributed by atoms with Gasteiger partial charge in [-0.25, -0.2) is 4.79 Å². The lowest BCUT2D eigenvalue weighted by atomic mass is 10.1. The van der Waals surface area contributed by atoms with Crippen molar-refractivity contribution in [2.75, 3.05) is 44.3 Å². The van der Waals surface area contributed by atoms with Crippen molar-refractivity contribution in [2.24, 2.45) is 0 Å². The highest BCUT2D eigenvalue weighted by Crippen LogP contribution is 2.31. The van der Waals surface area contributed by atoms with E-state index in [1.165, 1.54) is 11.3 Å². The van der Waals surface area contributed by atoms with Crippen LogP contribution < -0.4 is 15.6 Å². The summed E-state index contributed by atoms with van der Waals surface area (Å²) in [6, 6.07) is 9.26. The Labute approximate surface area is 234 Å². The van der Waals surface area contributed by atoms with Gasteiger partial charge < -0.3 is 24.6 Å². The number of aromatic nitrogens is 3. The molecule has 2 saturated heterocycles. The standard InChI is InChI=1S/C28H32N6O5S/c1-28(2,3)39-27(37)33-10-6-7-17(33)16-29-25(36)22-23(35)18-15-21(32-11-13-38-14-12-32)30-31-24(18)34-19-8-4-5-9-20(19)40-26(22)34/h4-5,8-9,15,17H,6-7,10-14,16H2,1-3H3,(H,29,36). The van der Waals surface area contributed by atoms with Crippen molar-refractivity contribution in [3.8, 4) is 0 Å². The van der Waals surface area contributed by atoms with Crippen LogP contribution >= 0.6 is 11.3 Å². The lowest BCUT2D eigenvalue weighted by Crippen LogP contribution is -2.45. The Balaban J connectivity index is 1.38. The number of anilines is 1. The Morgan fingerprint density at radius 3 is 2.70 bits per heavy atom. The molecule has 6 rings (SSSR count). The van der Waals surface area contributed by atoms with Crippen molar-refractivity contribution >= 4 is 55.2 Å². The number of morpholine rings is 1. The molecule has 0 radical (unpaired) electrons. The molecule has 2 fully saturated rings. The van der Waals surface area contributed by atoms with Crippen LogP contribution in [0, 0.1) is 0 Å². The second-order valence-electron chi connectivity index (χ2n) is 11.1. The van der Waals surface area contributed by atoms with Crippen LogP contribution in [0.1, 0.15) is 44.0 Å². The number of hydrogen-bond donors (Lipinski definition) is 1. The lowest BCUT2D eigenvalue weighted by molar-refractivity contribution is 0.0225. The van der Waals surface area contributed by atoms with Crippen LogP contribution in [0.3, 0.4) is 0 Å². The van der Waals surface area contributed by atoms with Gasteiger partial charge in [-0.3, -0.25) is 14.0 Å². The van der Waals surface area contributed by atoms with E-state index in [0.29, 0.717) is 54.5 Å². The van der Waals surface area contributed by atoms with Crippen molar-refractivity contribution in [1.82, 2.24) is 24.8 Å². The molecule has 40 heavy (non-hydrogen) atoms. The number of pyridine rings is 1. The van der Waals surface area contributed by atoms with Crippen molar-refractivity contribution < 1.29 is 19.1 Å². The minimum atomic E-state index is -0.608. The normalized spacial score (nSPS) is 18.1. The van der Waals surface area contributed by atoms with Gasteiger partial charge in [0.1, 0.15) is 16.0 Å². The molecule has 0 bridgehead atoms. The second-order valence-corrected chi connectivity index (χ2v) is 12.2. The van der Waals surface area contributed by atoms with Gasteiger partial charge in [0.15, 0.2) is 11.5 Å². The van der Waals surface area contributed by atoms with E-state index in [1.807, 2.05) is 54.3 Å². The number of benzene rings is 1. The average molecular weight is 565 g/mol. The Morgan fingerprint density at radius 1 is 1.15 bits per heavy atom. The van der Waals surface area contributed by atoms with Crippen LogP contribution in [-0.2, 0) is 9.47 Å². The third-order valence-corrected chi connectivity index (χ3v) is 8.39. The largest absolute Gasteiger partial charge is 0.444 e. The van der Waals surface area contributed by atoms with E-state index in [4.69, 9.17) is 9.47 Å². The van der Waals surface area contributed by atoms with Crippen LogP contribution in [0.4, 0.5) is 10.6 Å². The van der Waals surface area contributed by atoms with Crippen molar-refractivity contribution in [3.63, 3.8) is 0 Å². The minimum absolute atomic E-state index is 0.0662. The van der Waals surface area contributed by atoms with E-state index in [1.54, 1.807) is 11.0 Å². The quantitative estimate of drug-likeness (QED) is 0.401. The smallest absolute Gasteiger partial charge is 0.410 e. The van der Waals surface area contributed by atoms with Crippen LogP contribution in [0.15, 0.2) is 35.1 Å². The number of carbonyl (C=O) groups excluding carboxylic acids is 2. The third-order valence-electron chi connectivity index (χ3n) is 7.24. The van der Waals surface area contributed by atoms with Crippen molar-refractivity contribution in [1.29, 1.82) is 0 Å². The summed E-state index contributed by atoms with van der Waals surface area (Å²) in [7, 11) is 0. The molecular weight excluding hydrogens is 532 g/mol. The fourth-order valence-electron chi connectivity index (χ4n) is 5.35. The van der Waals surface area contributed by atoms with E-state index in [-0.39, 0.29) is 23.6 Å². The summed E-state index contributed by atoms with van der Waals surface area (Å²) in [6.45, 7) is 8.71. The first-order valence-electron chi connectivity index (χ1n) is 13.6. The van der Waals surface area contributed by atoms with Gasteiger partial charge in [0.25, 0.3) is 5.91 Å². The first-order valence-corrected chi connectivity index (χ1v) is 14.4. The molecule has 4 aromatic rings. The summed E-state index contributed by atoms with van der Waals surface area (Å²) in [5.41, 5.74) is 0.332. The average Bonchev–Trinajstić information content (AvgIpc) is 3.56. The second kappa shape index (κ2) is 10.3. The SMILES string of the molecule is CC(C)(C)OC(=O)N1CCCC1CNC(=O)c1c(=O)c2cc(N3CCOCC3)nnc2n2c1sc1ccccc12. The lowest BCUT2D eigenvalue weighted by Gasteiger charge is -2.28. The molecule has 2 aliphatic heterocycles. The van der Waals surface area contributed by atoms with E-state index < -0.39 is 17.6 Å². The van der Waals surface area contributed by atoms with Crippen molar-refractivity contribution in [3.05, 3.63) is 46.1 Å². The number of amides is 2. The summed E-state index contributed by atoms with van der Waals surface area (Å²) in [6.07, 6.45) is 1.17. The predicted molar refractivity (Wildman–Crippen MR) is 153 cm³/mol. The molecule has 0 spiro atoms. The van der Waals surface area contributed by atoms with Gasteiger partial charge in [-0.1, -0.05) is 12.1 Å². The number of hydrogen-bond acceptors (Lipinski definition) is 9. The van der Waals surface area contributed by atoms with Crippen LogP contribution in [-0.4, -0.2) is 82.5 Å². The Morgan fingerprint density at radius 2 is 1.93 bits per heavy atom. The van der Waals surface area contributed by atoms with Gasteiger partial charge in [-0.05, 0) is 51.8 Å². The molecule has 1 unspecified atom stereocenters. The zero-order chi connectivity index (χ0) is 28.0. The molecule has 11 nitrogen and oxygen atoms in total. The molecule has 2 amide bonds. The molecule has 0 saturated carbocycles. The van der Waals surface area contributed by atoms with Crippen LogP contribution in [0.25, 0.3) is 26.1 Å². The highest BCUT2D eigenvalue weighted by molar-refractivity contribution is 7.24. The summed E-state index contributed by atoms with van der Waals surface area (Å²) >= 11 is 1.37. The maximum Gasteiger partial charge on any atom is 0.410 e. The Hall–Kier alpha value is -3.77. The highest BCUT2D eigenvalue weighted by atomic mass is 32.1. The number of likely N-dealkylation sites (tertiary alicyclic amines) is 1. The number of para-hydroxylation sites is 1. The summed E-state index contributed by atoms with van der Waals surface area (Å²) < 4.78 is 13.8. The molecule has 1 N–H and O–H groups in total. The molecule has 5 heterocycles. The maximum atomic E-state index is 14.0. The Bertz CT molecular complexity index is 1670. The van der Waals surface area contributed by atoms with Gasteiger partial charge in [0.05, 0.1) is 34.9 Å². The number of rotatable bonds is 4. The molecule has 1 aromatic carbocycles. The van der Waals surface area contributed by atoms with Crippen molar-refractivity contribution in [2.45, 2.75) is 45.3 Å². The van der Waals surface area contributed by atoms with E-state index in [2.05, 4.69) is 15.5 Å². The molecule has 3 aromatic heterocycles. The van der Waals surface area contributed by atoms with Gasteiger partial charge in [0.2, 0.25) is 5.43 Å². The number of thiazole rings is 1. The number of nitrogens with zero attached hydrogens (tertiary/aromatic N) is 5. The first-order chi connectivity index (χ1) is 19.2. The monoisotopic (exact) mass is 564 g/mol. The Kier molecular flexibility index (Phi) is 6.83. The maximum absolute atomic E-state index is 14.0.